The first-order chi connectivity index (χ1) is 3.29. The van der Waals surface area contributed by atoms with E-state index in [-0.39, 0.29) is 6.61 Å². The summed E-state index contributed by atoms with van der Waals surface area (Å²) in [5.74, 6) is 0. The van der Waals surface area contributed by atoms with Crippen molar-refractivity contribution in [2.45, 2.75) is 12.6 Å². The van der Waals surface area contributed by atoms with Crippen LogP contribution in [0.3, 0.4) is 0 Å². The summed E-state index contributed by atoms with van der Waals surface area (Å²) in [5, 5.41) is 20.1. The molecule has 0 saturated carbocycles. The molecule has 0 aromatic rings. The van der Waals surface area contributed by atoms with E-state index in [0.717, 1.165) is 0 Å². The highest BCUT2D eigenvalue weighted by molar-refractivity contribution is 4.55. The van der Waals surface area contributed by atoms with E-state index in [2.05, 4.69) is 10.1 Å². The first-order valence-corrected chi connectivity index (χ1v) is 1.97. The molecule has 2 atom stereocenters. The van der Waals surface area contributed by atoms with Crippen LogP contribution in [0.4, 0.5) is 0 Å². The van der Waals surface area contributed by atoms with E-state index in [9.17, 15) is 0 Å². The number of rotatable bonds is 0. The lowest BCUT2D eigenvalue weighted by Gasteiger charge is -1.94. The first kappa shape index (κ1) is 4.99. The number of nitrogens with zero attached hydrogens (tertiary/aromatic N) is 1. The topological polar surface area (TPSA) is 63.8 Å². The number of aliphatic hydroxyl groups excluding tert-OH is 2. The molecule has 1 fully saturated rings. The fourth-order valence-corrected chi connectivity index (χ4v) is 0.405. The zero-order valence-corrected chi connectivity index (χ0v) is 3.61. The highest BCUT2D eigenvalue weighted by Gasteiger charge is 2.20. The molecule has 0 bridgehead atoms. The van der Waals surface area contributed by atoms with Crippen molar-refractivity contribution in [2.75, 3.05) is 6.61 Å². The molecule has 1 aliphatic heterocycles. The van der Waals surface area contributed by atoms with Gasteiger partial charge in [-0.15, -0.1) is 0 Å². The van der Waals surface area contributed by atoms with E-state index in [0.29, 0.717) is 0 Å². The van der Waals surface area contributed by atoms with Crippen molar-refractivity contribution >= 4 is 0 Å². The molecule has 1 rings (SSSR count). The van der Waals surface area contributed by atoms with Crippen LogP contribution >= 0.6 is 0 Å². The standard InChI is InChI=1S/C3H6NO3/c5-2-1-7-3(6)4-2/h2-3,5-6H,1H2. The van der Waals surface area contributed by atoms with Crippen LogP contribution in [0.5, 0.6) is 0 Å². The summed E-state index contributed by atoms with van der Waals surface area (Å²) >= 11 is 0. The summed E-state index contributed by atoms with van der Waals surface area (Å²) in [7, 11) is 0. The van der Waals surface area contributed by atoms with Gasteiger partial charge in [-0.3, -0.25) is 0 Å². The minimum atomic E-state index is -1.10. The van der Waals surface area contributed by atoms with Gasteiger partial charge in [-0.25, -0.2) is 0 Å². The van der Waals surface area contributed by atoms with E-state index in [1.807, 2.05) is 0 Å². The minimum Gasteiger partial charge on any atom is -0.374 e. The molecule has 2 N–H and O–H groups in total. The average Bonchev–Trinajstić information content (AvgIpc) is 1.87. The molecule has 0 aromatic heterocycles. The van der Waals surface area contributed by atoms with Crippen molar-refractivity contribution in [1.82, 2.24) is 5.32 Å². The number of aliphatic hydroxyl groups is 2. The van der Waals surface area contributed by atoms with Crippen LogP contribution in [-0.2, 0) is 4.74 Å². The molecule has 4 nitrogen and oxygen atoms in total. The summed E-state index contributed by atoms with van der Waals surface area (Å²) in [6, 6.07) is 0. The van der Waals surface area contributed by atoms with Crippen LogP contribution in [0.1, 0.15) is 0 Å². The molecule has 41 valence electrons. The Kier molecular flexibility index (Phi) is 1.25. The fraction of sp³-hybridized carbons (Fsp3) is 1.00. The van der Waals surface area contributed by atoms with E-state index in [1.54, 1.807) is 0 Å². The molecule has 1 saturated heterocycles. The maximum absolute atomic E-state index is 8.45. The van der Waals surface area contributed by atoms with Gasteiger partial charge in [-0.2, -0.15) is 5.32 Å². The molecule has 7 heavy (non-hydrogen) atoms. The maximum atomic E-state index is 8.45. The molecule has 1 aliphatic rings. The SMILES string of the molecule is OC1COC(O)[N]1. The van der Waals surface area contributed by atoms with Crippen LogP contribution < -0.4 is 5.32 Å². The zero-order chi connectivity index (χ0) is 5.28. The molecular formula is C3H6NO3. The molecule has 4 heteroatoms. The quantitative estimate of drug-likeness (QED) is 0.381. The largest absolute Gasteiger partial charge is 0.374 e. The van der Waals surface area contributed by atoms with Crippen molar-refractivity contribution in [2.24, 2.45) is 0 Å². The maximum Gasteiger partial charge on any atom is 0.231 e. The van der Waals surface area contributed by atoms with E-state index in [4.69, 9.17) is 10.2 Å². The fourth-order valence-electron chi connectivity index (χ4n) is 0.405. The van der Waals surface area contributed by atoms with Crippen LogP contribution in [0.25, 0.3) is 0 Å². The van der Waals surface area contributed by atoms with Crippen LogP contribution in [0, 0.1) is 0 Å². The molecule has 1 heterocycles. The first-order valence-electron chi connectivity index (χ1n) is 1.97. The molecule has 0 spiro atoms. The summed E-state index contributed by atoms with van der Waals surface area (Å²) in [6.07, 6.45) is -1.93. The molecule has 1 radical (unpaired) electrons. The van der Waals surface area contributed by atoms with Gasteiger partial charge in [-0.05, 0) is 0 Å². The van der Waals surface area contributed by atoms with E-state index >= 15 is 0 Å². The van der Waals surface area contributed by atoms with Gasteiger partial charge in [-0.1, -0.05) is 0 Å². The van der Waals surface area contributed by atoms with Gasteiger partial charge in [0.1, 0.15) is 6.23 Å². The normalized spacial score (nSPS) is 42.0. The second-order valence-corrected chi connectivity index (χ2v) is 1.29. The lowest BCUT2D eigenvalue weighted by molar-refractivity contribution is -0.0739. The van der Waals surface area contributed by atoms with Crippen LogP contribution in [-0.4, -0.2) is 29.5 Å². The predicted octanol–water partition coefficient (Wildman–Crippen LogP) is -1.78. The molecule has 0 amide bonds. The molecule has 0 aliphatic carbocycles. The Hall–Kier alpha value is -0.160. The van der Waals surface area contributed by atoms with Crippen LogP contribution in [0.2, 0.25) is 0 Å². The molecule has 0 aromatic carbocycles. The van der Waals surface area contributed by atoms with E-state index in [1.165, 1.54) is 0 Å². The summed E-state index contributed by atoms with van der Waals surface area (Å²) in [5.41, 5.74) is 0. The smallest absolute Gasteiger partial charge is 0.231 e. The Morgan fingerprint density at radius 1 is 1.57 bits per heavy atom. The Balaban J connectivity index is 2.26. The van der Waals surface area contributed by atoms with Crippen molar-refractivity contribution in [3.05, 3.63) is 0 Å². The van der Waals surface area contributed by atoms with Gasteiger partial charge < -0.3 is 14.9 Å². The monoisotopic (exact) mass is 104 g/mol. The van der Waals surface area contributed by atoms with Crippen molar-refractivity contribution < 1.29 is 14.9 Å². The van der Waals surface area contributed by atoms with Crippen LogP contribution in [0.15, 0.2) is 0 Å². The third-order valence-corrected chi connectivity index (χ3v) is 0.694. The molecular weight excluding hydrogens is 98.0 g/mol. The van der Waals surface area contributed by atoms with Gasteiger partial charge in [0.25, 0.3) is 0 Å². The third kappa shape index (κ3) is 1.10. The number of hydrogen-bond acceptors (Lipinski definition) is 3. The summed E-state index contributed by atoms with van der Waals surface area (Å²) in [6.45, 7) is 0.112. The summed E-state index contributed by atoms with van der Waals surface area (Å²) in [4.78, 5) is 0. The van der Waals surface area contributed by atoms with E-state index < -0.39 is 12.6 Å². The minimum absolute atomic E-state index is 0.112. The van der Waals surface area contributed by atoms with Gasteiger partial charge >= 0.3 is 0 Å². The Morgan fingerprint density at radius 3 is 2.43 bits per heavy atom. The van der Waals surface area contributed by atoms with Gasteiger partial charge in [0.15, 0.2) is 0 Å². The highest BCUT2D eigenvalue weighted by Crippen LogP contribution is 1.97. The zero-order valence-electron chi connectivity index (χ0n) is 3.61. The Morgan fingerprint density at radius 2 is 2.29 bits per heavy atom. The van der Waals surface area contributed by atoms with Gasteiger partial charge in [0.2, 0.25) is 6.41 Å². The van der Waals surface area contributed by atoms with Crippen molar-refractivity contribution in [1.29, 1.82) is 0 Å². The van der Waals surface area contributed by atoms with Gasteiger partial charge in [0, 0.05) is 0 Å². The second kappa shape index (κ2) is 1.75. The Labute approximate surface area is 40.7 Å². The highest BCUT2D eigenvalue weighted by atomic mass is 16.6. The number of ether oxygens (including phenoxy) is 1. The van der Waals surface area contributed by atoms with Gasteiger partial charge in [0.05, 0.1) is 6.61 Å². The summed E-state index contributed by atoms with van der Waals surface area (Å²) < 4.78 is 4.40. The van der Waals surface area contributed by atoms with Crippen molar-refractivity contribution in [3.63, 3.8) is 0 Å². The second-order valence-electron chi connectivity index (χ2n) is 1.29. The Bertz CT molecular complexity index is 59.2. The third-order valence-electron chi connectivity index (χ3n) is 0.694. The lowest BCUT2D eigenvalue weighted by Crippen LogP contribution is -2.21. The predicted molar refractivity (Wildman–Crippen MR) is 20.1 cm³/mol. The lowest BCUT2D eigenvalue weighted by atomic mass is 10.6. The number of hydrogen-bond donors (Lipinski definition) is 2. The average molecular weight is 104 g/mol. The van der Waals surface area contributed by atoms with Crippen molar-refractivity contribution in [3.8, 4) is 0 Å². The molecule has 2 unspecified atom stereocenters.